The zero-order valence-electron chi connectivity index (χ0n) is 11.2. The van der Waals surface area contributed by atoms with Crippen molar-refractivity contribution in [3.8, 4) is 0 Å². The average Bonchev–Trinajstić information content (AvgIpc) is 2.34. The van der Waals surface area contributed by atoms with Crippen molar-refractivity contribution >= 4 is 5.91 Å². The van der Waals surface area contributed by atoms with Gasteiger partial charge in [0.1, 0.15) is 0 Å². The van der Waals surface area contributed by atoms with Crippen LogP contribution in [0.25, 0.3) is 0 Å². The molecule has 1 heterocycles. The number of hydrogen-bond donors (Lipinski definition) is 1. The van der Waals surface area contributed by atoms with Gasteiger partial charge in [0.2, 0.25) is 5.91 Å². The van der Waals surface area contributed by atoms with Gasteiger partial charge >= 0.3 is 0 Å². The van der Waals surface area contributed by atoms with Gasteiger partial charge in [0.15, 0.2) is 0 Å². The minimum absolute atomic E-state index is 0.188. The van der Waals surface area contributed by atoms with Crippen LogP contribution in [0.4, 0.5) is 0 Å². The molecule has 1 saturated heterocycles. The van der Waals surface area contributed by atoms with E-state index in [1.165, 1.54) is 5.56 Å². The largest absolute Gasteiger partial charge is 0.356 e. The Hall–Kier alpha value is -1.35. The van der Waals surface area contributed by atoms with Crippen molar-refractivity contribution in [1.82, 2.24) is 10.2 Å². The molecule has 1 aliphatic heterocycles. The van der Waals surface area contributed by atoms with E-state index < -0.39 is 0 Å². The predicted octanol–water partition coefficient (Wildman–Crippen LogP) is 2.00. The highest BCUT2D eigenvalue weighted by Crippen LogP contribution is 2.30. The molecule has 1 aromatic carbocycles. The van der Waals surface area contributed by atoms with Gasteiger partial charge in [-0.3, -0.25) is 4.79 Å². The maximum Gasteiger partial charge on any atom is 0.220 e. The van der Waals surface area contributed by atoms with Crippen LogP contribution in [0, 0.1) is 0 Å². The lowest BCUT2D eigenvalue weighted by molar-refractivity contribution is -0.121. The quantitative estimate of drug-likeness (QED) is 0.865. The molecular formula is C15H22N2O. The summed E-state index contributed by atoms with van der Waals surface area (Å²) in [5, 5.41) is 2.98. The predicted molar refractivity (Wildman–Crippen MR) is 73.5 cm³/mol. The monoisotopic (exact) mass is 246 g/mol. The van der Waals surface area contributed by atoms with Crippen molar-refractivity contribution in [1.29, 1.82) is 0 Å². The first-order chi connectivity index (χ1) is 8.68. The Balaban J connectivity index is 2.22. The lowest BCUT2D eigenvalue weighted by atomic mass is 9.84. The Morgan fingerprint density at radius 3 is 2.56 bits per heavy atom. The standard InChI is InChI=1S/C15H22N2O/c1-17(2)14-10-11-16-15(18)9-8-13(14)12-6-4-3-5-7-12/h3-7,13-14H,8-11H2,1-2H3,(H,16,18). The van der Waals surface area contributed by atoms with E-state index >= 15 is 0 Å². The van der Waals surface area contributed by atoms with Crippen LogP contribution < -0.4 is 5.32 Å². The van der Waals surface area contributed by atoms with Gasteiger partial charge in [-0.15, -0.1) is 0 Å². The molecule has 0 aliphatic carbocycles. The van der Waals surface area contributed by atoms with E-state index in [2.05, 4.69) is 48.6 Å². The lowest BCUT2D eigenvalue weighted by Gasteiger charge is -2.34. The zero-order chi connectivity index (χ0) is 13.0. The molecule has 0 bridgehead atoms. The topological polar surface area (TPSA) is 32.3 Å². The van der Waals surface area contributed by atoms with Gasteiger partial charge in [0, 0.05) is 19.0 Å². The highest BCUT2D eigenvalue weighted by atomic mass is 16.1. The molecule has 2 unspecified atom stereocenters. The summed E-state index contributed by atoms with van der Waals surface area (Å²) < 4.78 is 0. The molecule has 18 heavy (non-hydrogen) atoms. The third-order valence-corrected chi connectivity index (χ3v) is 3.80. The van der Waals surface area contributed by atoms with Crippen molar-refractivity contribution in [2.24, 2.45) is 0 Å². The molecule has 0 radical (unpaired) electrons. The van der Waals surface area contributed by atoms with E-state index in [-0.39, 0.29) is 5.91 Å². The molecule has 1 amide bonds. The summed E-state index contributed by atoms with van der Waals surface area (Å²) in [4.78, 5) is 13.9. The van der Waals surface area contributed by atoms with Crippen LogP contribution in [0.2, 0.25) is 0 Å². The smallest absolute Gasteiger partial charge is 0.220 e. The first-order valence-electron chi connectivity index (χ1n) is 6.66. The van der Waals surface area contributed by atoms with Gasteiger partial charge in [-0.25, -0.2) is 0 Å². The third kappa shape index (κ3) is 3.10. The lowest BCUT2D eigenvalue weighted by Crippen LogP contribution is -2.40. The maximum atomic E-state index is 11.6. The fourth-order valence-corrected chi connectivity index (χ4v) is 2.84. The highest BCUT2D eigenvalue weighted by molar-refractivity contribution is 5.76. The molecule has 98 valence electrons. The SMILES string of the molecule is CN(C)C1CCNC(=O)CCC1c1ccccc1. The number of carbonyl (C=O) groups excluding carboxylic acids is 1. The molecule has 3 nitrogen and oxygen atoms in total. The van der Waals surface area contributed by atoms with E-state index in [1.54, 1.807) is 0 Å². The summed E-state index contributed by atoms with van der Waals surface area (Å²) >= 11 is 0. The summed E-state index contributed by atoms with van der Waals surface area (Å²) in [5.41, 5.74) is 1.35. The summed E-state index contributed by atoms with van der Waals surface area (Å²) in [6.45, 7) is 0.783. The van der Waals surface area contributed by atoms with Crippen LogP contribution in [-0.4, -0.2) is 37.5 Å². The van der Waals surface area contributed by atoms with E-state index in [0.29, 0.717) is 18.4 Å². The number of carbonyl (C=O) groups is 1. The molecular weight excluding hydrogens is 224 g/mol. The molecule has 0 spiro atoms. The molecule has 2 atom stereocenters. The van der Waals surface area contributed by atoms with Crippen LogP contribution in [0.15, 0.2) is 30.3 Å². The van der Waals surface area contributed by atoms with E-state index in [9.17, 15) is 4.79 Å². The van der Waals surface area contributed by atoms with Gasteiger partial charge in [0.05, 0.1) is 0 Å². The fraction of sp³-hybridized carbons (Fsp3) is 0.533. The van der Waals surface area contributed by atoms with E-state index in [1.807, 2.05) is 6.07 Å². The zero-order valence-corrected chi connectivity index (χ0v) is 11.2. The van der Waals surface area contributed by atoms with E-state index in [4.69, 9.17) is 0 Å². The minimum atomic E-state index is 0.188. The maximum absolute atomic E-state index is 11.6. The second kappa shape index (κ2) is 6.01. The first-order valence-corrected chi connectivity index (χ1v) is 6.66. The minimum Gasteiger partial charge on any atom is -0.356 e. The number of nitrogens with zero attached hydrogens (tertiary/aromatic N) is 1. The van der Waals surface area contributed by atoms with Gasteiger partial charge < -0.3 is 10.2 Å². The van der Waals surface area contributed by atoms with Gasteiger partial charge in [-0.1, -0.05) is 30.3 Å². The molecule has 1 aromatic rings. The van der Waals surface area contributed by atoms with Crippen LogP contribution in [0.3, 0.4) is 0 Å². The number of likely N-dealkylation sites (N-methyl/N-ethyl adjacent to an activating group) is 1. The summed E-state index contributed by atoms with van der Waals surface area (Å²) in [6, 6.07) is 11.1. The average molecular weight is 246 g/mol. The van der Waals surface area contributed by atoms with Gasteiger partial charge in [-0.2, -0.15) is 0 Å². The Morgan fingerprint density at radius 2 is 1.89 bits per heavy atom. The molecule has 1 N–H and O–H groups in total. The summed E-state index contributed by atoms with van der Waals surface area (Å²) in [5.74, 6) is 0.639. The van der Waals surface area contributed by atoms with Crippen molar-refractivity contribution in [2.75, 3.05) is 20.6 Å². The number of hydrogen-bond acceptors (Lipinski definition) is 2. The van der Waals surface area contributed by atoms with Crippen molar-refractivity contribution in [2.45, 2.75) is 31.2 Å². The molecule has 2 rings (SSSR count). The summed E-state index contributed by atoms with van der Waals surface area (Å²) in [6.07, 6.45) is 2.57. The normalized spacial score (nSPS) is 25.4. The van der Waals surface area contributed by atoms with Crippen LogP contribution in [0.5, 0.6) is 0 Å². The van der Waals surface area contributed by atoms with Gasteiger partial charge in [-0.05, 0) is 38.4 Å². The van der Waals surface area contributed by atoms with Crippen molar-refractivity contribution < 1.29 is 4.79 Å². The Bertz CT molecular complexity index is 389. The Kier molecular flexibility index (Phi) is 4.37. The molecule has 3 heteroatoms. The molecule has 0 aromatic heterocycles. The Labute approximate surface area is 109 Å². The molecule has 0 saturated carbocycles. The molecule has 1 fully saturated rings. The fourth-order valence-electron chi connectivity index (χ4n) is 2.84. The van der Waals surface area contributed by atoms with Crippen LogP contribution >= 0.6 is 0 Å². The first kappa shape index (κ1) is 13.1. The van der Waals surface area contributed by atoms with Crippen LogP contribution in [-0.2, 0) is 4.79 Å². The third-order valence-electron chi connectivity index (χ3n) is 3.80. The number of amides is 1. The number of benzene rings is 1. The second-order valence-corrected chi connectivity index (χ2v) is 5.23. The van der Waals surface area contributed by atoms with Gasteiger partial charge in [0.25, 0.3) is 0 Å². The second-order valence-electron chi connectivity index (χ2n) is 5.23. The van der Waals surface area contributed by atoms with Crippen LogP contribution in [0.1, 0.15) is 30.7 Å². The Morgan fingerprint density at radius 1 is 1.17 bits per heavy atom. The number of rotatable bonds is 2. The number of nitrogens with one attached hydrogen (secondary N) is 1. The highest BCUT2D eigenvalue weighted by Gasteiger charge is 2.27. The van der Waals surface area contributed by atoms with Crippen molar-refractivity contribution in [3.63, 3.8) is 0 Å². The summed E-state index contributed by atoms with van der Waals surface area (Å²) in [7, 11) is 4.26. The van der Waals surface area contributed by atoms with E-state index in [0.717, 1.165) is 19.4 Å². The van der Waals surface area contributed by atoms with Crippen molar-refractivity contribution in [3.05, 3.63) is 35.9 Å². The molecule has 1 aliphatic rings.